The van der Waals surface area contributed by atoms with Crippen LogP contribution in [0.5, 0.6) is 0 Å². The lowest BCUT2D eigenvalue weighted by atomic mass is 10.2. The molecule has 11 nitrogen and oxygen atoms in total. The Balaban J connectivity index is 1.66. The summed E-state index contributed by atoms with van der Waals surface area (Å²) in [5.41, 5.74) is 0.813. The maximum Gasteiger partial charge on any atom is 0.325 e. The normalized spacial score (nSPS) is 12.4. The predicted molar refractivity (Wildman–Crippen MR) is 142 cm³/mol. The summed E-state index contributed by atoms with van der Waals surface area (Å²) in [7, 11) is -6.64. The van der Waals surface area contributed by atoms with Crippen LogP contribution >= 0.6 is 22.9 Å². The number of nitrogens with zero attached hydrogens (tertiary/aromatic N) is 2. The van der Waals surface area contributed by atoms with Crippen molar-refractivity contribution in [1.29, 1.82) is 0 Å². The lowest BCUT2D eigenvalue weighted by molar-refractivity contribution is -0.141. The first-order valence-electron chi connectivity index (χ1n) is 10.6. The number of aromatic nitrogens is 1. The number of sulfonamides is 2. The zero-order valence-corrected chi connectivity index (χ0v) is 22.7. The molecule has 4 rings (SSSR count). The summed E-state index contributed by atoms with van der Waals surface area (Å²) in [6.45, 7) is -0.275. The number of hydrogen-bond donors (Lipinski definition) is 2. The summed E-state index contributed by atoms with van der Waals surface area (Å²) < 4.78 is 57.6. The summed E-state index contributed by atoms with van der Waals surface area (Å²) in [6.07, 6.45) is 0. The average Bonchev–Trinajstić information content (AvgIpc) is 3.19. The predicted octanol–water partition coefficient (Wildman–Crippen LogP) is 2.72. The Morgan fingerprint density at radius 1 is 1.00 bits per heavy atom. The van der Waals surface area contributed by atoms with Gasteiger partial charge in [0.2, 0.25) is 10.0 Å². The van der Waals surface area contributed by atoms with Gasteiger partial charge >= 0.3 is 5.97 Å². The van der Waals surface area contributed by atoms with Crippen molar-refractivity contribution in [2.24, 2.45) is 10.1 Å². The first-order chi connectivity index (χ1) is 17.9. The third kappa shape index (κ3) is 6.11. The van der Waals surface area contributed by atoms with Gasteiger partial charge in [0, 0.05) is 16.3 Å². The molecule has 3 N–H and O–H groups in total. The second-order valence-electron chi connectivity index (χ2n) is 7.78. The molecule has 3 aromatic carbocycles. The molecule has 0 radical (unpaired) electrons. The van der Waals surface area contributed by atoms with Crippen molar-refractivity contribution in [3.8, 4) is 0 Å². The van der Waals surface area contributed by atoms with E-state index in [1.165, 1.54) is 78.4 Å². The topological polar surface area (TPSA) is 167 Å². The Bertz CT molecular complexity index is 1830. The smallest absolute Gasteiger partial charge is 0.325 e. The molecule has 0 aliphatic heterocycles. The lowest BCUT2D eigenvalue weighted by Crippen LogP contribution is -2.22. The number of anilines is 1. The van der Waals surface area contributed by atoms with Crippen LogP contribution in [-0.4, -0.2) is 40.4 Å². The number of carbonyl (C=O) groups is 2. The quantitative estimate of drug-likeness (QED) is 0.310. The van der Waals surface area contributed by atoms with Crippen molar-refractivity contribution in [1.82, 2.24) is 4.57 Å². The van der Waals surface area contributed by atoms with Crippen LogP contribution < -0.4 is 14.7 Å². The van der Waals surface area contributed by atoms with Gasteiger partial charge in [-0.1, -0.05) is 22.9 Å². The number of primary sulfonamides is 1. The molecule has 0 spiro atoms. The summed E-state index contributed by atoms with van der Waals surface area (Å²) in [6, 6.07) is 15.3. The molecule has 1 aromatic heterocycles. The highest BCUT2D eigenvalue weighted by molar-refractivity contribution is 7.92. The van der Waals surface area contributed by atoms with Gasteiger partial charge in [-0.05, 0) is 66.7 Å². The Morgan fingerprint density at radius 3 is 2.24 bits per heavy atom. The molecule has 0 bridgehead atoms. The number of halogens is 1. The highest BCUT2D eigenvalue weighted by Gasteiger charge is 2.17. The Labute approximate surface area is 226 Å². The number of thiazole rings is 1. The Morgan fingerprint density at radius 2 is 1.63 bits per heavy atom. The third-order valence-electron chi connectivity index (χ3n) is 5.20. The molecule has 0 fully saturated rings. The first-order valence-corrected chi connectivity index (χ1v) is 14.8. The minimum atomic E-state index is -3.97. The molecule has 0 saturated carbocycles. The van der Waals surface area contributed by atoms with Crippen LogP contribution in [0.4, 0.5) is 5.69 Å². The van der Waals surface area contributed by atoms with Gasteiger partial charge < -0.3 is 9.30 Å². The van der Waals surface area contributed by atoms with Gasteiger partial charge in [0.25, 0.3) is 15.9 Å². The minimum Gasteiger partial charge on any atom is -0.468 e. The van der Waals surface area contributed by atoms with E-state index in [-0.39, 0.29) is 32.4 Å². The average molecular weight is 595 g/mol. The lowest BCUT2D eigenvalue weighted by Gasteiger charge is -2.08. The molecular weight excluding hydrogens is 576 g/mol. The third-order valence-corrected chi connectivity index (χ3v) is 8.80. The van der Waals surface area contributed by atoms with Crippen LogP contribution in [0, 0.1) is 0 Å². The van der Waals surface area contributed by atoms with Gasteiger partial charge in [0.1, 0.15) is 6.54 Å². The second kappa shape index (κ2) is 10.7. The highest BCUT2D eigenvalue weighted by Crippen LogP contribution is 2.22. The van der Waals surface area contributed by atoms with E-state index in [0.29, 0.717) is 15.2 Å². The van der Waals surface area contributed by atoms with Crippen molar-refractivity contribution in [2.45, 2.75) is 16.3 Å². The van der Waals surface area contributed by atoms with Crippen LogP contribution in [-0.2, 0) is 36.1 Å². The molecule has 4 aromatic rings. The molecule has 0 unspecified atom stereocenters. The Kier molecular flexibility index (Phi) is 7.71. The fourth-order valence-corrected chi connectivity index (χ4v) is 6.19. The summed E-state index contributed by atoms with van der Waals surface area (Å²) in [5, 5.41) is 5.61. The molecule has 1 amide bonds. The fraction of sp³-hybridized carbons (Fsp3) is 0.0870. The minimum absolute atomic E-state index is 0.0163. The van der Waals surface area contributed by atoms with Crippen molar-refractivity contribution >= 4 is 70.8 Å². The molecule has 15 heteroatoms. The zero-order valence-electron chi connectivity index (χ0n) is 19.5. The van der Waals surface area contributed by atoms with Gasteiger partial charge in [0.15, 0.2) is 4.80 Å². The molecule has 0 aliphatic carbocycles. The molecule has 0 saturated heterocycles. The second-order valence-corrected chi connectivity index (χ2v) is 12.5. The van der Waals surface area contributed by atoms with E-state index in [1.54, 1.807) is 0 Å². The van der Waals surface area contributed by atoms with Crippen LogP contribution in [0.25, 0.3) is 10.2 Å². The number of fused-ring (bicyclic) bond motifs is 1. The number of rotatable bonds is 7. The number of hydrogen-bond acceptors (Lipinski definition) is 8. The molecule has 38 heavy (non-hydrogen) atoms. The van der Waals surface area contributed by atoms with E-state index in [1.807, 2.05) is 0 Å². The number of esters is 1. The molecule has 198 valence electrons. The van der Waals surface area contributed by atoms with Gasteiger partial charge in [0.05, 0.1) is 27.1 Å². The van der Waals surface area contributed by atoms with E-state index >= 15 is 0 Å². The van der Waals surface area contributed by atoms with Crippen LogP contribution in [0.15, 0.2) is 81.5 Å². The van der Waals surface area contributed by atoms with Crippen molar-refractivity contribution in [3.05, 3.63) is 82.1 Å². The van der Waals surface area contributed by atoms with Gasteiger partial charge in [-0.3, -0.25) is 14.3 Å². The van der Waals surface area contributed by atoms with E-state index in [0.717, 1.165) is 11.3 Å². The van der Waals surface area contributed by atoms with E-state index in [9.17, 15) is 26.4 Å². The molecular formula is C23H19ClN4O7S3. The number of benzene rings is 3. The van der Waals surface area contributed by atoms with Crippen molar-refractivity contribution in [2.75, 3.05) is 11.8 Å². The van der Waals surface area contributed by atoms with Crippen molar-refractivity contribution in [3.63, 3.8) is 0 Å². The maximum absolute atomic E-state index is 12.9. The summed E-state index contributed by atoms with van der Waals surface area (Å²) in [5.74, 6) is -1.28. The highest BCUT2D eigenvalue weighted by atomic mass is 35.5. The fourth-order valence-electron chi connectivity index (χ4n) is 3.32. The van der Waals surface area contributed by atoms with Gasteiger partial charge in [-0.2, -0.15) is 4.99 Å². The molecule has 1 heterocycles. The first kappa shape index (κ1) is 27.5. The Hall–Kier alpha value is -3.56. The summed E-state index contributed by atoms with van der Waals surface area (Å²) in [4.78, 5) is 29.0. The molecule has 0 atom stereocenters. The van der Waals surface area contributed by atoms with E-state index in [4.69, 9.17) is 21.5 Å². The summed E-state index contributed by atoms with van der Waals surface area (Å²) >= 11 is 6.79. The number of ether oxygens (including phenoxy) is 1. The number of nitrogens with two attached hydrogens (primary N) is 1. The van der Waals surface area contributed by atoms with Crippen LogP contribution in [0.3, 0.4) is 0 Å². The van der Waals surface area contributed by atoms with Gasteiger partial charge in [-0.15, -0.1) is 0 Å². The van der Waals surface area contributed by atoms with Gasteiger partial charge in [-0.25, -0.2) is 22.0 Å². The maximum atomic E-state index is 12.9. The molecule has 0 aliphatic rings. The van der Waals surface area contributed by atoms with E-state index in [2.05, 4.69) is 9.71 Å². The van der Waals surface area contributed by atoms with Crippen LogP contribution in [0.2, 0.25) is 5.02 Å². The number of carbonyl (C=O) groups excluding carboxylic acids is 2. The number of amides is 1. The zero-order chi connectivity index (χ0) is 27.7. The van der Waals surface area contributed by atoms with Crippen molar-refractivity contribution < 1.29 is 31.2 Å². The SMILES string of the molecule is COC(=O)Cn1c(=NC(=O)c2ccc(NS(=O)(=O)c3ccc(Cl)cc3)cc2)sc2cc(S(N)(=O)=O)ccc21. The van der Waals surface area contributed by atoms with E-state index < -0.39 is 31.9 Å². The number of methoxy groups -OCH3 is 1. The largest absolute Gasteiger partial charge is 0.468 e. The standard InChI is InChI=1S/C23H19ClN4O7S3/c1-35-21(29)13-28-19-11-10-18(37(25,31)32)12-20(19)36-23(28)26-22(30)14-2-6-16(7-3-14)27-38(33,34)17-8-4-15(24)5-9-17/h2-12,27H,13H2,1H3,(H2,25,31,32). The monoisotopic (exact) mass is 594 g/mol. The number of nitrogens with one attached hydrogen (secondary N) is 1. The van der Waals surface area contributed by atoms with Crippen LogP contribution in [0.1, 0.15) is 10.4 Å².